The van der Waals surface area contributed by atoms with Gasteiger partial charge in [-0.2, -0.15) is 5.10 Å². The van der Waals surface area contributed by atoms with Crippen LogP contribution in [0.5, 0.6) is 0 Å². The molecule has 0 atom stereocenters. The molecule has 6 nitrogen and oxygen atoms in total. The van der Waals surface area contributed by atoms with Gasteiger partial charge in [-0.3, -0.25) is 9.58 Å². The molecule has 21 heavy (non-hydrogen) atoms. The van der Waals surface area contributed by atoms with Crippen LogP contribution in [0.4, 0.5) is 10.6 Å². The Kier molecular flexibility index (Phi) is 3.34. The van der Waals surface area contributed by atoms with Crippen LogP contribution >= 0.6 is 0 Å². The van der Waals surface area contributed by atoms with Gasteiger partial charge in [0.05, 0.1) is 24.8 Å². The number of amides is 1. The van der Waals surface area contributed by atoms with Crippen molar-refractivity contribution in [1.82, 2.24) is 14.7 Å². The Balaban J connectivity index is 1.78. The second kappa shape index (κ2) is 4.93. The van der Waals surface area contributed by atoms with Crippen molar-refractivity contribution in [3.05, 3.63) is 11.3 Å². The molecule has 0 spiro atoms. The lowest BCUT2D eigenvalue weighted by atomic mass is 10.2. The summed E-state index contributed by atoms with van der Waals surface area (Å²) in [5.41, 5.74) is 7.64. The molecule has 2 heterocycles. The highest BCUT2D eigenvalue weighted by molar-refractivity contribution is 5.70. The second-order valence-electron chi connectivity index (χ2n) is 7.03. The van der Waals surface area contributed by atoms with Crippen LogP contribution in [0.2, 0.25) is 0 Å². The minimum Gasteiger partial charge on any atom is -0.444 e. The molecule has 116 valence electrons. The number of hydrogen-bond donors (Lipinski definition) is 1. The van der Waals surface area contributed by atoms with E-state index in [9.17, 15) is 4.79 Å². The predicted molar refractivity (Wildman–Crippen MR) is 79.6 cm³/mol. The van der Waals surface area contributed by atoms with Crippen LogP contribution in [-0.2, 0) is 17.8 Å². The average molecular weight is 292 g/mol. The van der Waals surface area contributed by atoms with E-state index in [0.717, 1.165) is 24.1 Å². The van der Waals surface area contributed by atoms with Crippen LogP contribution in [0.15, 0.2) is 0 Å². The van der Waals surface area contributed by atoms with Gasteiger partial charge in [0.15, 0.2) is 5.82 Å². The van der Waals surface area contributed by atoms with E-state index < -0.39 is 5.60 Å². The number of carbonyl (C=O) groups is 1. The first-order valence-electron chi connectivity index (χ1n) is 7.69. The molecule has 0 bridgehead atoms. The molecule has 2 aliphatic rings. The van der Waals surface area contributed by atoms with Crippen molar-refractivity contribution >= 4 is 11.9 Å². The van der Waals surface area contributed by atoms with Crippen molar-refractivity contribution < 1.29 is 9.53 Å². The topological polar surface area (TPSA) is 73.4 Å². The Morgan fingerprint density at radius 3 is 2.57 bits per heavy atom. The van der Waals surface area contributed by atoms with E-state index in [1.807, 2.05) is 20.8 Å². The third-order valence-corrected chi connectivity index (χ3v) is 4.16. The molecule has 1 aliphatic carbocycles. The van der Waals surface area contributed by atoms with Gasteiger partial charge in [-0.15, -0.1) is 0 Å². The van der Waals surface area contributed by atoms with Gasteiger partial charge in [0, 0.05) is 5.56 Å². The molecule has 1 aliphatic heterocycles. The van der Waals surface area contributed by atoms with Crippen molar-refractivity contribution in [2.45, 2.75) is 71.2 Å². The largest absolute Gasteiger partial charge is 0.444 e. The normalized spacial score (nSPS) is 19.1. The lowest BCUT2D eigenvalue weighted by Crippen LogP contribution is -2.34. The molecule has 1 aromatic heterocycles. The maximum absolute atomic E-state index is 12.2. The SMILES string of the molecule is CC(C)(C)OC(=O)N1Cc2c(N)nn(C3CCCC3)c2C1. The summed E-state index contributed by atoms with van der Waals surface area (Å²) in [6, 6.07) is 0.439. The summed E-state index contributed by atoms with van der Waals surface area (Å²) < 4.78 is 7.50. The van der Waals surface area contributed by atoms with E-state index >= 15 is 0 Å². The van der Waals surface area contributed by atoms with Crippen LogP contribution in [0, 0.1) is 0 Å². The van der Waals surface area contributed by atoms with Crippen molar-refractivity contribution in [3.8, 4) is 0 Å². The highest BCUT2D eigenvalue weighted by Gasteiger charge is 2.34. The molecule has 0 unspecified atom stereocenters. The Morgan fingerprint density at radius 1 is 1.29 bits per heavy atom. The summed E-state index contributed by atoms with van der Waals surface area (Å²) in [5.74, 6) is 0.558. The van der Waals surface area contributed by atoms with Crippen LogP contribution in [0.25, 0.3) is 0 Å². The summed E-state index contributed by atoms with van der Waals surface area (Å²) in [7, 11) is 0. The zero-order chi connectivity index (χ0) is 15.2. The molecule has 1 aromatic rings. The fraction of sp³-hybridized carbons (Fsp3) is 0.733. The zero-order valence-electron chi connectivity index (χ0n) is 13.1. The van der Waals surface area contributed by atoms with Gasteiger partial charge in [-0.25, -0.2) is 4.79 Å². The number of rotatable bonds is 1. The van der Waals surface area contributed by atoms with Crippen LogP contribution in [0.3, 0.4) is 0 Å². The fourth-order valence-corrected chi connectivity index (χ4v) is 3.20. The van der Waals surface area contributed by atoms with Gasteiger partial charge < -0.3 is 10.5 Å². The monoisotopic (exact) mass is 292 g/mol. The third-order valence-electron chi connectivity index (χ3n) is 4.16. The first kappa shape index (κ1) is 14.2. The van der Waals surface area contributed by atoms with Gasteiger partial charge in [-0.1, -0.05) is 12.8 Å². The number of carbonyl (C=O) groups excluding carboxylic acids is 1. The number of nitrogens with zero attached hydrogens (tertiary/aromatic N) is 3. The highest BCUT2D eigenvalue weighted by Crippen LogP contribution is 2.36. The number of nitrogens with two attached hydrogens (primary N) is 1. The molecule has 0 saturated heterocycles. The van der Waals surface area contributed by atoms with E-state index in [-0.39, 0.29) is 6.09 Å². The molecular formula is C15H24N4O2. The third kappa shape index (κ3) is 2.71. The molecule has 2 N–H and O–H groups in total. The summed E-state index contributed by atoms with van der Waals surface area (Å²) in [6.45, 7) is 6.68. The summed E-state index contributed by atoms with van der Waals surface area (Å²) in [5, 5.41) is 4.50. The van der Waals surface area contributed by atoms with Gasteiger partial charge in [0.2, 0.25) is 0 Å². The first-order chi connectivity index (χ1) is 9.85. The number of fused-ring (bicyclic) bond motifs is 1. The van der Waals surface area contributed by atoms with Crippen molar-refractivity contribution in [3.63, 3.8) is 0 Å². The van der Waals surface area contributed by atoms with E-state index in [0.29, 0.717) is 24.9 Å². The van der Waals surface area contributed by atoms with Gasteiger partial charge in [-0.05, 0) is 33.6 Å². The fourth-order valence-electron chi connectivity index (χ4n) is 3.20. The maximum Gasteiger partial charge on any atom is 0.410 e. The van der Waals surface area contributed by atoms with Crippen LogP contribution in [-0.4, -0.2) is 26.4 Å². The number of nitrogen functional groups attached to an aromatic ring is 1. The van der Waals surface area contributed by atoms with E-state index in [1.54, 1.807) is 4.90 Å². The number of anilines is 1. The summed E-state index contributed by atoms with van der Waals surface area (Å²) in [4.78, 5) is 13.9. The molecular weight excluding hydrogens is 268 g/mol. The number of ether oxygens (including phenoxy) is 1. The molecule has 0 radical (unpaired) electrons. The van der Waals surface area contributed by atoms with Crippen molar-refractivity contribution in [2.24, 2.45) is 0 Å². The highest BCUT2D eigenvalue weighted by atomic mass is 16.6. The van der Waals surface area contributed by atoms with Gasteiger partial charge in [0.25, 0.3) is 0 Å². The van der Waals surface area contributed by atoms with Crippen LogP contribution in [0.1, 0.15) is 63.8 Å². The van der Waals surface area contributed by atoms with Gasteiger partial charge >= 0.3 is 6.09 Å². The first-order valence-corrected chi connectivity index (χ1v) is 7.69. The van der Waals surface area contributed by atoms with E-state index in [1.165, 1.54) is 12.8 Å². The Bertz CT molecular complexity index is 553. The molecule has 0 aromatic carbocycles. The lowest BCUT2D eigenvalue weighted by Gasteiger charge is -2.24. The van der Waals surface area contributed by atoms with Crippen LogP contribution < -0.4 is 5.73 Å². The minimum absolute atomic E-state index is 0.281. The van der Waals surface area contributed by atoms with Crippen molar-refractivity contribution in [1.29, 1.82) is 0 Å². The van der Waals surface area contributed by atoms with E-state index in [2.05, 4.69) is 9.78 Å². The summed E-state index contributed by atoms with van der Waals surface area (Å²) >= 11 is 0. The maximum atomic E-state index is 12.2. The standard InChI is InChI=1S/C15H24N4O2/c1-15(2,3)21-14(20)18-8-11-12(9-18)19(17-13(11)16)10-6-4-5-7-10/h10H,4-9H2,1-3H3,(H2,16,17). The molecule has 1 saturated carbocycles. The lowest BCUT2D eigenvalue weighted by molar-refractivity contribution is 0.0238. The Labute approximate surface area is 125 Å². The smallest absolute Gasteiger partial charge is 0.410 e. The molecule has 6 heteroatoms. The van der Waals surface area contributed by atoms with E-state index in [4.69, 9.17) is 10.5 Å². The predicted octanol–water partition coefficient (Wildman–Crippen LogP) is 2.83. The average Bonchev–Trinajstić information content (AvgIpc) is 3.05. The number of hydrogen-bond acceptors (Lipinski definition) is 4. The zero-order valence-corrected chi connectivity index (χ0v) is 13.1. The van der Waals surface area contributed by atoms with Crippen molar-refractivity contribution in [2.75, 3.05) is 5.73 Å². The Morgan fingerprint density at radius 2 is 1.95 bits per heavy atom. The minimum atomic E-state index is -0.477. The molecule has 3 rings (SSSR count). The quantitative estimate of drug-likeness (QED) is 0.863. The summed E-state index contributed by atoms with van der Waals surface area (Å²) in [6.07, 6.45) is 4.51. The number of aromatic nitrogens is 2. The Hall–Kier alpha value is -1.72. The molecule has 1 fully saturated rings. The second-order valence-corrected chi connectivity index (χ2v) is 7.03. The van der Waals surface area contributed by atoms with Gasteiger partial charge in [0.1, 0.15) is 5.60 Å². The molecule has 1 amide bonds.